The van der Waals surface area contributed by atoms with Gasteiger partial charge in [-0.15, -0.1) is 5.10 Å². The average molecular weight is 455 g/mol. The second-order valence-corrected chi connectivity index (χ2v) is 9.45. The van der Waals surface area contributed by atoms with E-state index in [0.29, 0.717) is 5.91 Å². The van der Waals surface area contributed by atoms with E-state index in [9.17, 15) is 4.79 Å². The van der Waals surface area contributed by atoms with Crippen LogP contribution in [0.2, 0.25) is 0 Å². The molecule has 1 amide bonds. The maximum atomic E-state index is 13.1. The highest BCUT2D eigenvalue weighted by Crippen LogP contribution is 2.30. The number of methoxy groups -OCH3 is 1. The van der Waals surface area contributed by atoms with Crippen molar-refractivity contribution in [1.82, 2.24) is 24.4 Å². The van der Waals surface area contributed by atoms with Crippen LogP contribution in [-0.4, -0.2) is 83.2 Å². The molecule has 0 radical (unpaired) electrons. The molecule has 2 aliphatic rings. The van der Waals surface area contributed by atoms with Gasteiger partial charge < -0.3 is 19.4 Å². The fourth-order valence-electron chi connectivity index (χ4n) is 4.61. The number of aromatic nitrogens is 3. The Morgan fingerprint density at radius 1 is 1.16 bits per heavy atom. The molecular weight excluding hydrogens is 424 g/mol. The molecule has 0 N–H and O–H groups in total. The number of hydrogen-bond acceptors (Lipinski definition) is 7. The van der Waals surface area contributed by atoms with Crippen molar-refractivity contribution in [2.24, 2.45) is 5.92 Å². The van der Waals surface area contributed by atoms with E-state index in [0.717, 1.165) is 85.8 Å². The van der Waals surface area contributed by atoms with Crippen LogP contribution in [0.5, 0.6) is 5.75 Å². The number of piperazine rings is 1. The minimum atomic E-state index is 0.0583. The number of amides is 1. The highest BCUT2D eigenvalue weighted by atomic mass is 32.1. The van der Waals surface area contributed by atoms with Gasteiger partial charge >= 0.3 is 0 Å². The van der Waals surface area contributed by atoms with Gasteiger partial charge in [0.25, 0.3) is 0 Å². The van der Waals surface area contributed by atoms with Gasteiger partial charge in [0.1, 0.15) is 5.75 Å². The average Bonchev–Trinajstić information content (AvgIpc) is 3.43. The predicted molar refractivity (Wildman–Crippen MR) is 126 cm³/mol. The van der Waals surface area contributed by atoms with Gasteiger partial charge in [-0.25, -0.2) is 9.50 Å². The summed E-state index contributed by atoms with van der Waals surface area (Å²) >= 11 is 1.59. The molecular formula is C23H30N6O2S. The Morgan fingerprint density at radius 3 is 2.62 bits per heavy atom. The Hall–Kier alpha value is -2.65. The Labute approximate surface area is 192 Å². The van der Waals surface area contributed by atoms with Crippen molar-refractivity contribution < 1.29 is 9.53 Å². The molecule has 0 saturated carbocycles. The number of imidazole rings is 1. The van der Waals surface area contributed by atoms with E-state index in [2.05, 4.69) is 21.6 Å². The van der Waals surface area contributed by atoms with E-state index in [1.165, 1.54) is 0 Å². The first-order chi connectivity index (χ1) is 15.6. The van der Waals surface area contributed by atoms with Crippen LogP contribution >= 0.6 is 11.3 Å². The smallest absolute Gasteiger partial charge is 0.227 e. The van der Waals surface area contributed by atoms with Crippen LogP contribution in [0.15, 0.2) is 30.5 Å². The molecule has 2 aromatic heterocycles. The molecule has 8 nitrogen and oxygen atoms in total. The minimum absolute atomic E-state index is 0.0583. The van der Waals surface area contributed by atoms with Crippen molar-refractivity contribution in [1.29, 1.82) is 0 Å². The number of piperidine rings is 1. The number of rotatable bonds is 5. The predicted octanol–water partition coefficient (Wildman–Crippen LogP) is 2.85. The Balaban J connectivity index is 1.26. The molecule has 2 saturated heterocycles. The van der Waals surface area contributed by atoms with E-state index in [-0.39, 0.29) is 5.92 Å². The lowest BCUT2D eigenvalue weighted by atomic mass is 9.96. The number of carbonyl (C=O) groups is 1. The molecule has 2 fully saturated rings. The number of anilines is 1. The maximum absolute atomic E-state index is 13.1. The number of hydrogen-bond donors (Lipinski definition) is 0. The Bertz CT molecular complexity index is 1040. The van der Waals surface area contributed by atoms with Crippen molar-refractivity contribution in [2.75, 3.05) is 57.8 Å². The zero-order valence-corrected chi connectivity index (χ0v) is 19.6. The second-order valence-electron chi connectivity index (χ2n) is 8.51. The molecule has 0 spiro atoms. The summed E-state index contributed by atoms with van der Waals surface area (Å²) in [4.78, 5) is 25.5. The normalized spacial score (nSPS) is 20.1. The third-order valence-corrected chi connectivity index (χ3v) is 7.57. The zero-order valence-electron chi connectivity index (χ0n) is 18.7. The number of benzene rings is 1. The quantitative estimate of drug-likeness (QED) is 0.591. The van der Waals surface area contributed by atoms with Crippen LogP contribution in [0.25, 0.3) is 16.2 Å². The first-order valence-corrected chi connectivity index (χ1v) is 12.2. The van der Waals surface area contributed by atoms with E-state index in [1.54, 1.807) is 18.4 Å². The molecule has 0 aliphatic carbocycles. The van der Waals surface area contributed by atoms with Crippen LogP contribution < -0.4 is 9.64 Å². The van der Waals surface area contributed by atoms with Gasteiger partial charge in [-0.2, -0.15) is 0 Å². The highest BCUT2D eigenvalue weighted by Gasteiger charge is 2.32. The van der Waals surface area contributed by atoms with Gasteiger partial charge in [0.05, 0.1) is 24.9 Å². The van der Waals surface area contributed by atoms with E-state index >= 15 is 0 Å². The van der Waals surface area contributed by atoms with Crippen molar-refractivity contribution in [3.8, 4) is 17.0 Å². The van der Waals surface area contributed by atoms with Gasteiger partial charge in [-0.05, 0) is 43.7 Å². The zero-order chi connectivity index (χ0) is 22.1. The third kappa shape index (κ3) is 4.19. The summed E-state index contributed by atoms with van der Waals surface area (Å²) in [5.74, 6) is 1.20. The van der Waals surface area contributed by atoms with Crippen molar-refractivity contribution >= 4 is 27.3 Å². The number of likely N-dealkylation sites (N-methyl/N-ethyl adjacent to an activating group) is 1. The van der Waals surface area contributed by atoms with Crippen molar-refractivity contribution in [3.05, 3.63) is 30.5 Å². The van der Waals surface area contributed by atoms with Crippen molar-refractivity contribution in [3.63, 3.8) is 0 Å². The summed E-state index contributed by atoms with van der Waals surface area (Å²) < 4.78 is 7.09. The van der Waals surface area contributed by atoms with Crippen LogP contribution in [0.3, 0.4) is 0 Å². The molecule has 0 unspecified atom stereocenters. The molecule has 4 heterocycles. The van der Waals surface area contributed by atoms with Crippen LogP contribution in [0.4, 0.5) is 5.13 Å². The monoisotopic (exact) mass is 454 g/mol. The summed E-state index contributed by atoms with van der Waals surface area (Å²) in [5, 5.41) is 5.73. The van der Waals surface area contributed by atoms with Gasteiger partial charge in [0.15, 0.2) is 0 Å². The topological polar surface area (TPSA) is 66.2 Å². The second kappa shape index (κ2) is 9.07. The summed E-state index contributed by atoms with van der Waals surface area (Å²) in [7, 11) is 1.66. The number of fused-ring (bicyclic) bond motifs is 1. The maximum Gasteiger partial charge on any atom is 0.227 e. The van der Waals surface area contributed by atoms with Crippen molar-refractivity contribution in [2.45, 2.75) is 19.8 Å². The van der Waals surface area contributed by atoms with Crippen LogP contribution in [-0.2, 0) is 4.79 Å². The number of ether oxygens (including phenoxy) is 1. The molecule has 0 bridgehead atoms. The van der Waals surface area contributed by atoms with Gasteiger partial charge in [-0.3, -0.25) is 4.79 Å². The molecule has 2 aliphatic heterocycles. The third-order valence-electron chi connectivity index (χ3n) is 6.59. The van der Waals surface area contributed by atoms with E-state index < -0.39 is 0 Å². The molecule has 9 heteroatoms. The van der Waals surface area contributed by atoms with E-state index in [4.69, 9.17) is 14.8 Å². The molecule has 170 valence electrons. The largest absolute Gasteiger partial charge is 0.497 e. The summed E-state index contributed by atoms with van der Waals surface area (Å²) in [5.41, 5.74) is 1.94. The molecule has 32 heavy (non-hydrogen) atoms. The first kappa shape index (κ1) is 21.2. The number of nitrogens with zero attached hydrogens (tertiary/aromatic N) is 6. The van der Waals surface area contributed by atoms with Crippen LogP contribution in [0.1, 0.15) is 19.8 Å². The number of carbonyl (C=O) groups excluding carboxylic acids is 1. The summed E-state index contributed by atoms with van der Waals surface area (Å²) in [6, 6.07) is 7.89. The fourth-order valence-corrected chi connectivity index (χ4v) is 5.53. The van der Waals surface area contributed by atoms with Gasteiger partial charge in [0.2, 0.25) is 16.0 Å². The summed E-state index contributed by atoms with van der Waals surface area (Å²) in [6.07, 6.45) is 3.95. The molecule has 1 aromatic carbocycles. The highest BCUT2D eigenvalue weighted by molar-refractivity contribution is 7.20. The Morgan fingerprint density at radius 2 is 1.94 bits per heavy atom. The standard InChI is InChI=1S/C23H30N6O2S/c1-3-26-11-13-27(14-12-26)21(30)18-5-4-10-28(15-18)23-25-29-16-20(24-22(29)32-23)17-6-8-19(31-2)9-7-17/h6-9,16,18H,3-5,10-15H2,1-2H3/t18-/m1/s1. The summed E-state index contributed by atoms with van der Waals surface area (Å²) in [6.45, 7) is 8.60. The lowest BCUT2D eigenvalue weighted by Crippen LogP contribution is -2.52. The van der Waals surface area contributed by atoms with Gasteiger partial charge in [0, 0.05) is 44.8 Å². The van der Waals surface area contributed by atoms with Gasteiger partial charge in [-0.1, -0.05) is 18.3 Å². The molecule has 5 rings (SSSR count). The molecule has 1 atom stereocenters. The fraction of sp³-hybridized carbons (Fsp3) is 0.522. The first-order valence-electron chi connectivity index (χ1n) is 11.4. The Kier molecular flexibility index (Phi) is 6.01. The van der Waals surface area contributed by atoms with E-state index in [1.807, 2.05) is 35.0 Å². The SMILES string of the molecule is CCN1CCN(C(=O)[C@@H]2CCCN(c3nn4cc(-c5ccc(OC)cc5)nc4s3)C2)CC1. The minimum Gasteiger partial charge on any atom is -0.497 e. The molecule has 3 aromatic rings. The lowest BCUT2D eigenvalue weighted by molar-refractivity contribution is -0.137. The lowest BCUT2D eigenvalue weighted by Gasteiger charge is -2.38. The van der Waals surface area contributed by atoms with Crippen LogP contribution in [0, 0.1) is 5.92 Å².